The maximum Gasteiger partial charge on any atom is 0.303 e. The summed E-state index contributed by atoms with van der Waals surface area (Å²) < 4.78 is 0. The van der Waals surface area contributed by atoms with Crippen LogP contribution in [0.1, 0.15) is 122 Å². The summed E-state index contributed by atoms with van der Waals surface area (Å²) in [4.78, 5) is 10.4. The van der Waals surface area contributed by atoms with Gasteiger partial charge >= 0.3 is 5.97 Å². The molecule has 0 radical (unpaired) electrons. The first-order valence-corrected chi connectivity index (χ1v) is 10.6. The highest BCUT2D eigenvalue weighted by Crippen LogP contribution is 2.12. The fourth-order valence-electron chi connectivity index (χ4n) is 3.05. The van der Waals surface area contributed by atoms with Crippen molar-refractivity contribution in [3.05, 3.63) is 12.2 Å². The van der Waals surface area contributed by atoms with Crippen molar-refractivity contribution in [2.75, 3.05) is 0 Å². The smallest absolute Gasteiger partial charge is 0.303 e. The highest BCUT2D eigenvalue weighted by atomic mass is 16.5. The number of allylic oxidation sites excluding steroid dienone is 2. The highest BCUT2D eigenvalue weighted by Gasteiger charge is 1.96. The van der Waals surface area contributed by atoms with Gasteiger partial charge in [-0.3, -0.25) is 4.79 Å². The van der Waals surface area contributed by atoms with Crippen LogP contribution in [0, 0.1) is 0 Å². The van der Waals surface area contributed by atoms with Gasteiger partial charge in [0.05, 0.1) is 0 Å². The highest BCUT2D eigenvalue weighted by molar-refractivity contribution is 5.66. The third-order valence-electron chi connectivity index (χ3n) is 4.65. The molecule has 0 rings (SSSR count). The molecule has 0 atom stereocenters. The molecule has 0 spiro atoms. The molecule has 0 fully saturated rings. The van der Waals surface area contributed by atoms with Crippen LogP contribution in [-0.4, -0.2) is 11.1 Å². The molecule has 0 bridgehead atoms. The van der Waals surface area contributed by atoms with E-state index in [0.717, 1.165) is 12.8 Å². The Morgan fingerprint density at radius 3 is 1.42 bits per heavy atom. The number of carbonyl (C=O) groups is 1. The topological polar surface area (TPSA) is 37.3 Å². The van der Waals surface area contributed by atoms with Crippen LogP contribution in [0.25, 0.3) is 0 Å². The molecule has 0 heterocycles. The van der Waals surface area contributed by atoms with E-state index in [2.05, 4.69) is 19.1 Å². The van der Waals surface area contributed by atoms with E-state index in [-0.39, 0.29) is 0 Å². The van der Waals surface area contributed by atoms with E-state index in [0.29, 0.717) is 6.42 Å². The van der Waals surface area contributed by atoms with Crippen molar-refractivity contribution in [2.24, 2.45) is 0 Å². The molecule has 0 unspecified atom stereocenters. The van der Waals surface area contributed by atoms with Crippen LogP contribution in [-0.2, 0) is 4.79 Å². The molecule has 0 aromatic carbocycles. The van der Waals surface area contributed by atoms with E-state index in [4.69, 9.17) is 5.11 Å². The predicted molar refractivity (Wildman–Crippen MR) is 106 cm³/mol. The Morgan fingerprint density at radius 1 is 0.625 bits per heavy atom. The number of carboxylic acids is 1. The van der Waals surface area contributed by atoms with Crippen molar-refractivity contribution >= 4 is 5.97 Å². The molecule has 0 aliphatic carbocycles. The standard InChI is InChI=1S/C22H42O2/c1-2-3-4-5-6-7-8-9-10-11-12-13-14-15-16-17-18-19-20-21-22(23)24/h9-10H,2-8,11-21H2,1H3,(H,23,24)/i22+1. The maximum absolute atomic E-state index is 10.4. The predicted octanol–water partition coefficient (Wildman–Crippen LogP) is 7.67. The number of rotatable bonds is 19. The first kappa shape index (κ1) is 23.2. The molecular formula is C22H42O2. The summed E-state index contributed by atoms with van der Waals surface area (Å²) in [6.07, 6.45) is 27.1. The number of unbranched alkanes of at least 4 members (excludes halogenated alkanes) is 15. The van der Waals surface area contributed by atoms with Gasteiger partial charge in [-0.1, -0.05) is 96.1 Å². The van der Waals surface area contributed by atoms with E-state index < -0.39 is 5.97 Å². The first-order chi connectivity index (χ1) is 11.8. The molecule has 24 heavy (non-hydrogen) atoms. The fourth-order valence-corrected chi connectivity index (χ4v) is 3.05. The van der Waals surface area contributed by atoms with Crippen molar-refractivity contribution in [1.29, 1.82) is 0 Å². The van der Waals surface area contributed by atoms with E-state index in [1.165, 1.54) is 96.3 Å². The van der Waals surface area contributed by atoms with Crippen molar-refractivity contribution in [3.63, 3.8) is 0 Å². The molecule has 0 amide bonds. The molecular weight excluding hydrogens is 297 g/mol. The number of aliphatic carboxylic acids is 1. The molecule has 0 aliphatic rings. The van der Waals surface area contributed by atoms with Gasteiger partial charge in [0.15, 0.2) is 0 Å². The second-order valence-electron chi connectivity index (χ2n) is 7.14. The Bertz CT molecular complexity index is 284. The average molecular weight is 340 g/mol. The van der Waals surface area contributed by atoms with Crippen LogP contribution in [0.5, 0.6) is 0 Å². The van der Waals surface area contributed by atoms with Gasteiger partial charge in [0.25, 0.3) is 0 Å². The normalized spacial score (nSPS) is 11.4. The molecule has 0 aliphatic heterocycles. The minimum atomic E-state index is -0.656. The molecule has 2 nitrogen and oxygen atoms in total. The van der Waals surface area contributed by atoms with Gasteiger partial charge in [-0.05, 0) is 32.1 Å². The van der Waals surface area contributed by atoms with Crippen LogP contribution in [0.3, 0.4) is 0 Å². The van der Waals surface area contributed by atoms with Gasteiger partial charge in [-0.25, -0.2) is 0 Å². The lowest BCUT2D eigenvalue weighted by atomic mass is 10.1. The Kier molecular flexibility index (Phi) is 19.6. The van der Waals surface area contributed by atoms with Gasteiger partial charge in [-0.15, -0.1) is 0 Å². The Morgan fingerprint density at radius 2 is 1.00 bits per heavy atom. The molecule has 0 aromatic rings. The molecule has 0 saturated carbocycles. The van der Waals surface area contributed by atoms with Gasteiger partial charge in [-0.2, -0.15) is 0 Å². The summed E-state index contributed by atoms with van der Waals surface area (Å²) in [5.74, 6) is -0.656. The summed E-state index contributed by atoms with van der Waals surface area (Å²) in [5.41, 5.74) is 0. The Labute approximate surface area is 151 Å². The lowest BCUT2D eigenvalue weighted by molar-refractivity contribution is -0.137. The zero-order valence-electron chi connectivity index (χ0n) is 16.2. The zero-order valence-corrected chi connectivity index (χ0v) is 16.2. The number of carboxylic acid groups (broad SMARTS) is 1. The third kappa shape index (κ3) is 21.2. The summed E-state index contributed by atoms with van der Waals surface area (Å²) in [6, 6.07) is 0. The van der Waals surface area contributed by atoms with E-state index in [1.807, 2.05) is 0 Å². The lowest BCUT2D eigenvalue weighted by Gasteiger charge is -2.01. The summed E-state index contributed by atoms with van der Waals surface area (Å²) >= 11 is 0. The monoisotopic (exact) mass is 339 g/mol. The van der Waals surface area contributed by atoms with Crippen molar-refractivity contribution in [2.45, 2.75) is 122 Å². The van der Waals surface area contributed by atoms with Crippen LogP contribution in [0.15, 0.2) is 12.2 Å². The summed E-state index contributed by atoms with van der Waals surface area (Å²) in [7, 11) is 0. The number of hydrogen-bond acceptors (Lipinski definition) is 1. The van der Waals surface area contributed by atoms with Crippen LogP contribution < -0.4 is 0 Å². The lowest BCUT2D eigenvalue weighted by Crippen LogP contribution is -1.93. The second-order valence-corrected chi connectivity index (χ2v) is 7.14. The van der Waals surface area contributed by atoms with Gasteiger partial charge in [0.2, 0.25) is 0 Å². The largest absolute Gasteiger partial charge is 0.481 e. The fraction of sp³-hybridized carbons (Fsp3) is 0.864. The Balaban J connectivity index is 3.06. The molecule has 0 saturated heterocycles. The van der Waals surface area contributed by atoms with E-state index in [9.17, 15) is 4.79 Å². The van der Waals surface area contributed by atoms with Crippen LogP contribution >= 0.6 is 0 Å². The Hall–Kier alpha value is -0.790. The van der Waals surface area contributed by atoms with Crippen LogP contribution in [0.4, 0.5) is 0 Å². The first-order valence-electron chi connectivity index (χ1n) is 10.6. The molecule has 1 N–H and O–H groups in total. The second kappa shape index (κ2) is 20.3. The van der Waals surface area contributed by atoms with Gasteiger partial charge in [0, 0.05) is 6.42 Å². The third-order valence-corrected chi connectivity index (χ3v) is 4.65. The number of hydrogen-bond donors (Lipinski definition) is 1. The zero-order chi connectivity index (χ0) is 17.7. The van der Waals surface area contributed by atoms with Crippen molar-refractivity contribution < 1.29 is 9.90 Å². The summed E-state index contributed by atoms with van der Waals surface area (Å²) in [5, 5.41) is 8.55. The molecule has 142 valence electrons. The van der Waals surface area contributed by atoms with Gasteiger partial charge in [0.1, 0.15) is 0 Å². The minimum Gasteiger partial charge on any atom is -0.481 e. The maximum atomic E-state index is 10.4. The van der Waals surface area contributed by atoms with E-state index in [1.54, 1.807) is 0 Å². The van der Waals surface area contributed by atoms with E-state index >= 15 is 0 Å². The van der Waals surface area contributed by atoms with Crippen molar-refractivity contribution in [3.8, 4) is 0 Å². The minimum absolute atomic E-state index is 0.340. The van der Waals surface area contributed by atoms with Crippen LogP contribution in [0.2, 0.25) is 0 Å². The quantitative estimate of drug-likeness (QED) is 0.149. The molecule has 2 heteroatoms. The van der Waals surface area contributed by atoms with Crippen molar-refractivity contribution in [1.82, 2.24) is 0 Å². The van der Waals surface area contributed by atoms with Gasteiger partial charge < -0.3 is 5.11 Å². The summed E-state index contributed by atoms with van der Waals surface area (Å²) in [6.45, 7) is 2.27. The SMILES string of the molecule is CCCCCCCCC=CCCCCCCCCCCC[13C](=O)O. The average Bonchev–Trinajstić information content (AvgIpc) is 2.56. The molecule has 0 aromatic heterocycles.